The second kappa shape index (κ2) is 11.0. The van der Waals surface area contributed by atoms with Gasteiger partial charge in [0.05, 0.1) is 7.28 Å². The molecule has 0 amide bonds. The van der Waals surface area contributed by atoms with Crippen molar-refractivity contribution < 1.29 is 79.3 Å². The molecule has 23 heteroatoms. The van der Waals surface area contributed by atoms with Crippen molar-refractivity contribution in [3.05, 3.63) is 0 Å². The van der Waals surface area contributed by atoms with Crippen LogP contribution in [0.2, 0.25) is 0 Å². The molecule has 0 saturated carbocycles. The number of halogens is 17. The number of nitrogens with zero attached hydrogens (tertiary/aromatic N) is 2. The van der Waals surface area contributed by atoms with Gasteiger partial charge in [0, 0.05) is 7.05 Å². The van der Waals surface area contributed by atoms with Crippen LogP contribution in [-0.4, -0.2) is 82.0 Å². The smallest absolute Gasteiger partial charge is 0.338 e. The van der Waals surface area contributed by atoms with Gasteiger partial charge in [0.15, 0.2) is 0 Å². The van der Waals surface area contributed by atoms with Crippen LogP contribution in [-0.2, 0) is 9.05 Å². The third-order valence-electron chi connectivity index (χ3n) is 3.85. The van der Waals surface area contributed by atoms with E-state index < -0.39 is 75.7 Å². The number of alkyl halides is 16. The van der Waals surface area contributed by atoms with Crippen molar-refractivity contribution in [3.63, 3.8) is 0 Å². The average molecular weight is 633 g/mol. The molecule has 218 valence electrons. The molecule has 0 aliphatic carbocycles. The van der Waals surface area contributed by atoms with E-state index in [1.807, 2.05) is 0 Å². The SMILES string of the molecule is CN=P(Cl)(N=P(C)(C)OCC(F)(F)C(F)(F)C(F)(F)C(F)F)OCC(F)(F)C(F)(F)C(F)(F)C(F)F. The van der Waals surface area contributed by atoms with E-state index in [2.05, 4.69) is 18.3 Å². The van der Waals surface area contributed by atoms with E-state index in [0.717, 1.165) is 0 Å². The fraction of sp³-hybridized carbons (Fsp3) is 1.00. The van der Waals surface area contributed by atoms with Crippen LogP contribution in [0, 0.1) is 0 Å². The first kappa shape index (κ1) is 35.5. The standard InChI is InChI=1S/C13H15ClF16N2O2P2/c1-31-36(14,34-5-9(21,22)13(29,30)11(25,26)7(17)18)32-35(2,3)33-4-8(19,20)12(27,28)10(23,24)6(15)16/h6-7H,4-5H2,1-3H3. The lowest BCUT2D eigenvalue weighted by atomic mass is 10.1. The Labute approximate surface area is 196 Å². The van der Waals surface area contributed by atoms with Gasteiger partial charge in [0.2, 0.25) is 0 Å². The molecule has 0 N–H and O–H groups in total. The summed E-state index contributed by atoms with van der Waals surface area (Å²) >= 11 is 5.53. The summed E-state index contributed by atoms with van der Waals surface area (Å²) in [4.78, 5) is 0. The molecule has 0 aromatic carbocycles. The molecule has 0 aliphatic heterocycles. The lowest BCUT2D eigenvalue weighted by Crippen LogP contribution is -2.59. The number of hydrogen-bond donors (Lipinski definition) is 0. The molecule has 0 spiro atoms. The second-order valence-corrected chi connectivity index (χ2v) is 13.5. The minimum absolute atomic E-state index is 0.570. The highest BCUT2D eigenvalue weighted by Gasteiger charge is 2.76. The summed E-state index contributed by atoms with van der Waals surface area (Å²) in [5.41, 5.74) is 0. The Bertz CT molecular complexity index is 876. The zero-order valence-corrected chi connectivity index (χ0v) is 20.1. The molecule has 0 aromatic heterocycles. The van der Waals surface area contributed by atoms with Crippen LogP contribution < -0.4 is 0 Å². The molecule has 4 nitrogen and oxygen atoms in total. The first-order valence-corrected chi connectivity index (χ1v) is 13.5. The van der Waals surface area contributed by atoms with E-state index in [1.54, 1.807) is 0 Å². The van der Waals surface area contributed by atoms with Crippen molar-refractivity contribution in [1.29, 1.82) is 0 Å². The summed E-state index contributed by atoms with van der Waals surface area (Å²) in [5.74, 6) is -38.6. The average Bonchev–Trinajstić information content (AvgIpc) is 2.70. The van der Waals surface area contributed by atoms with Crippen LogP contribution in [0.4, 0.5) is 70.2 Å². The summed E-state index contributed by atoms with van der Waals surface area (Å²) in [6, 6.07) is 0. The zero-order valence-electron chi connectivity index (χ0n) is 17.6. The van der Waals surface area contributed by atoms with Crippen LogP contribution in [0.25, 0.3) is 0 Å². The Hall–Kier alpha value is -0.450. The molecule has 1 unspecified atom stereocenters. The van der Waals surface area contributed by atoms with Gasteiger partial charge in [0.25, 0.3) is 6.78 Å². The fourth-order valence-electron chi connectivity index (χ4n) is 1.76. The van der Waals surface area contributed by atoms with Crippen LogP contribution in [0.5, 0.6) is 0 Å². The van der Waals surface area contributed by atoms with E-state index in [4.69, 9.17) is 11.2 Å². The van der Waals surface area contributed by atoms with E-state index in [1.165, 1.54) is 0 Å². The Morgan fingerprint density at radius 3 is 1.25 bits per heavy atom. The van der Waals surface area contributed by atoms with E-state index in [-0.39, 0.29) is 0 Å². The summed E-state index contributed by atoms with van der Waals surface area (Å²) in [6.07, 6.45) is -10.5. The predicted octanol–water partition coefficient (Wildman–Crippen LogP) is 8.55. The zero-order chi connectivity index (χ0) is 29.4. The Morgan fingerprint density at radius 1 is 0.667 bits per heavy atom. The van der Waals surface area contributed by atoms with Gasteiger partial charge in [-0.25, -0.2) is 22.3 Å². The second-order valence-electron chi connectivity index (χ2n) is 7.01. The lowest BCUT2D eigenvalue weighted by Gasteiger charge is -2.33. The normalized spacial score (nSPS) is 16.9. The van der Waals surface area contributed by atoms with Gasteiger partial charge in [-0.05, 0) is 24.6 Å². The monoisotopic (exact) mass is 632 g/mol. The maximum absolute atomic E-state index is 13.6. The molecule has 0 aromatic rings. The first-order chi connectivity index (χ1) is 15.6. The molecule has 0 aliphatic rings. The highest BCUT2D eigenvalue weighted by molar-refractivity contribution is 7.89. The van der Waals surface area contributed by atoms with E-state index >= 15 is 0 Å². The molecule has 36 heavy (non-hydrogen) atoms. The van der Waals surface area contributed by atoms with Gasteiger partial charge in [-0.15, -0.1) is 0 Å². The third kappa shape index (κ3) is 7.14. The molecule has 0 heterocycles. The lowest BCUT2D eigenvalue weighted by molar-refractivity contribution is -0.342. The minimum Gasteiger partial charge on any atom is -0.338 e. The Kier molecular flexibility index (Phi) is 10.8. The molecule has 1 atom stereocenters. The van der Waals surface area contributed by atoms with Gasteiger partial charge >= 0.3 is 48.4 Å². The fourth-order valence-corrected chi connectivity index (χ4v) is 7.15. The van der Waals surface area contributed by atoms with Crippen molar-refractivity contribution in [1.82, 2.24) is 0 Å². The highest BCUT2D eigenvalue weighted by atomic mass is 35.7. The van der Waals surface area contributed by atoms with E-state index in [0.29, 0.717) is 20.4 Å². The molecular weight excluding hydrogens is 618 g/mol. The molecule has 0 radical (unpaired) electrons. The van der Waals surface area contributed by atoms with Crippen LogP contribution in [0.1, 0.15) is 0 Å². The largest absolute Gasteiger partial charge is 0.380 e. The Balaban J connectivity index is 5.90. The number of rotatable bonds is 13. The molecular formula is C13H15ClF16N2O2P2. The molecule has 0 saturated heterocycles. The predicted molar refractivity (Wildman–Crippen MR) is 95.9 cm³/mol. The Morgan fingerprint density at radius 2 is 0.972 bits per heavy atom. The van der Waals surface area contributed by atoms with Crippen LogP contribution in [0.15, 0.2) is 9.26 Å². The minimum atomic E-state index is -6.73. The van der Waals surface area contributed by atoms with Gasteiger partial charge in [-0.3, -0.25) is 0 Å². The van der Waals surface area contributed by atoms with E-state index in [9.17, 15) is 70.2 Å². The first-order valence-electron chi connectivity index (χ1n) is 8.48. The summed E-state index contributed by atoms with van der Waals surface area (Å²) < 4.78 is 222. The third-order valence-corrected chi connectivity index (χ3v) is 9.52. The maximum atomic E-state index is 13.6. The molecule has 0 fully saturated rings. The summed E-state index contributed by atoms with van der Waals surface area (Å²) in [7, 11) is -3.55. The maximum Gasteiger partial charge on any atom is 0.380 e. The molecule has 0 rings (SSSR count). The summed E-state index contributed by atoms with van der Waals surface area (Å²) in [6.45, 7) is -9.16. The van der Waals surface area contributed by atoms with Crippen molar-refractivity contribution in [2.75, 3.05) is 33.6 Å². The van der Waals surface area contributed by atoms with Crippen molar-refractivity contribution >= 4 is 25.3 Å². The van der Waals surface area contributed by atoms with Gasteiger partial charge in [-0.1, -0.05) is 0 Å². The number of hydrogen-bond acceptors (Lipinski definition) is 3. The highest BCUT2D eigenvalue weighted by Crippen LogP contribution is 2.66. The van der Waals surface area contributed by atoms with Gasteiger partial charge in [0.1, 0.15) is 13.2 Å². The molecule has 0 bridgehead atoms. The topological polar surface area (TPSA) is 43.2 Å². The van der Waals surface area contributed by atoms with Crippen molar-refractivity contribution in [2.45, 2.75) is 48.4 Å². The van der Waals surface area contributed by atoms with Crippen LogP contribution in [0.3, 0.4) is 0 Å². The quantitative estimate of drug-likeness (QED) is 0.151. The van der Waals surface area contributed by atoms with Crippen molar-refractivity contribution in [3.8, 4) is 0 Å². The van der Waals surface area contributed by atoms with Crippen LogP contribution >= 0.6 is 25.3 Å². The van der Waals surface area contributed by atoms with Gasteiger partial charge in [-0.2, -0.15) is 57.2 Å². The summed E-state index contributed by atoms with van der Waals surface area (Å²) in [5, 5.41) is 0. The van der Waals surface area contributed by atoms with Gasteiger partial charge < -0.3 is 9.05 Å². The van der Waals surface area contributed by atoms with Crippen molar-refractivity contribution in [2.24, 2.45) is 9.26 Å².